The van der Waals surface area contributed by atoms with Crippen LogP contribution in [-0.2, 0) is 14.3 Å². The monoisotopic (exact) mass is 227 g/mol. The van der Waals surface area contributed by atoms with Gasteiger partial charge in [0.25, 0.3) is 0 Å². The van der Waals surface area contributed by atoms with Crippen molar-refractivity contribution in [2.75, 3.05) is 7.11 Å². The Balaban J connectivity index is 1.97. The predicted octanol–water partition coefficient (Wildman–Crippen LogP) is 0.535. The van der Waals surface area contributed by atoms with Gasteiger partial charge in [-0.25, -0.2) is 4.79 Å². The Hall–Kier alpha value is -1.10. The Bertz CT molecular complexity index is 325. The van der Waals surface area contributed by atoms with Gasteiger partial charge in [0.15, 0.2) is 0 Å². The summed E-state index contributed by atoms with van der Waals surface area (Å²) in [7, 11) is 1.68. The first-order valence-electron chi connectivity index (χ1n) is 5.46. The first-order valence-corrected chi connectivity index (χ1v) is 5.46. The zero-order chi connectivity index (χ0) is 12.0. The predicted molar refractivity (Wildman–Crippen MR) is 55.9 cm³/mol. The van der Waals surface area contributed by atoms with Crippen LogP contribution in [0.1, 0.15) is 32.6 Å². The molecule has 2 aliphatic rings. The summed E-state index contributed by atoms with van der Waals surface area (Å²) >= 11 is 0. The highest BCUT2D eigenvalue weighted by atomic mass is 16.5. The van der Waals surface area contributed by atoms with Crippen LogP contribution in [0, 0.1) is 5.41 Å². The van der Waals surface area contributed by atoms with Crippen LogP contribution in [0.15, 0.2) is 0 Å². The lowest BCUT2D eigenvalue weighted by molar-refractivity contribution is -0.179. The second-order valence-electron chi connectivity index (χ2n) is 5.19. The largest absolute Gasteiger partial charge is 0.480 e. The van der Waals surface area contributed by atoms with Gasteiger partial charge < -0.3 is 15.2 Å². The molecule has 2 N–H and O–H groups in total. The number of hydrogen-bond donors (Lipinski definition) is 2. The number of carbonyl (C=O) groups excluding carboxylic acids is 1. The van der Waals surface area contributed by atoms with Crippen molar-refractivity contribution in [1.82, 2.24) is 5.32 Å². The number of carboxylic acid groups (broad SMARTS) is 1. The summed E-state index contributed by atoms with van der Waals surface area (Å²) in [4.78, 5) is 22.2. The number of nitrogens with one attached hydrogen (secondary N) is 1. The molecule has 5 nitrogen and oxygen atoms in total. The summed E-state index contributed by atoms with van der Waals surface area (Å²) < 4.78 is 5.19. The van der Waals surface area contributed by atoms with Crippen molar-refractivity contribution in [2.45, 2.75) is 44.2 Å². The van der Waals surface area contributed by atoms with E-state index < -0.39 is 11.5 Å². The zero-order valence-electron chi connectivity index (χ0n) is 9.58. The van der Waals surface area contributed by atoms with E-state index >= 15 is 0 Å². The molecule has 0 radical (unpaired) electrons. The Kier molecular flexibility index (Phi) is 2.45. The Morgan fingerprint density at radius 3 is 2.31 bits per heavy atom. The van der Waals surface area contributed by atoms with Crippen molar-refractivity contribution < 1.29 is 19.4 Å². The third kappa shape index (κ3) is 1.59. The number of carbonyl (C=O) groups is 2. The van der Waals surface area contributed by atoms with Crippen molar-refractivity contribution in [3.05, 3.63) is 0 Å². The van der Waals surface area contributed by atoms with E-state index in [-0.39, 0.29) is 17.4 Å². The van der Waals surface area contributed by atoms with Gasteiger partial charge in [0.1, 0.15) is 5.54 Å². The molecule has 0 aliphatic heterocycles. The van der Waals surface area contributed by atoms with E-state index in [4.69, 9.17) is 9.84 Å². The van der Waals surface area contributed by atoms with Gasteiger partial charge in [-0.15, -0.1) is 0 Å². The summed E-state index contributed by atoms with van der Waals surface area (Å²) in [6.07, 6.45) is 3.17. The topological polar surface area (TPSA) is 75.6 Å². The van der Waals surface area contributed by atoms with Crippen LogP contribution < -0.4 is 5.32 Å². The van der Waals surface area contributed by atoms with E-state index in [2.05, 4.69) is 5.32 Å². The van der Waals surface area contributed by atoms with Crippen LogP contribution in [0.2, 0.25) is 0 Å². The smallest absolute Gasteiger partial charge is 0.329 e. The van der Waals surface area contributed by atoms with Crippen molar-refractivity contribution in [3.8, 4) is 0 Å². The number of rotatable bonds is 3. The van der Waals surface area contributed by atoms with Gasteiger partial charge >= 0.3 is 5.97 Å². The van der Waals surface area contributed by atoms with E-state index in [9.17, 15) is 9.59 Å². The number of methoxy groups -OCH3 is 1. The van der Waals surface area contributed by atoms with Crippen LogP contribution >= 0.6 is 0 Å². The third-order valence-corrected chi connectivity index (χ3v) is 3.83. The maximum atomic E-state index is 11.2. The highest BCUT2D eigenvalue weighted by Gasteiger charge is 2.64. The number of ether oxygens (including phenoxy) is 1. The molecule has 2 fully saturated rings. The average molecular weight is 227 g/mol. The second kappa shape index (κ2) is 3.45. The minimum absolute atomic E-state index is 0.0987. The minimum atomic E-state index is -1.02. The minimum Gasteiger partial charge on any atom is -0.480 e. The van der Waals surface area contributed by atoms with Crippen LogP contribution in [0.4, 0.5) is 0 Å². The fraction of sp³-hybridized carbons (Fsp3) is 0.818. The van der Waals surface area contributed by atoms with E-state index in [0.29, 0.717) is 12.8 Å². The molecule has 0 aromatic rings. The van der Waals surface area contributed by atoms with Crippen molar-refractivity contribution in [3.63, 3.8) is 0 Å². The number of aliphatic carboxylic acids is 1. The summed E-state index contributed by atoms with van der Waals surface area (Å²) in [6, 6.07) is 0. The molecule has 5 heteroatoms. The Morgan fingerprint density at radius 2 is 1.94 bits per heavy atom. The summed E-state index contributed by atoms with van der Waals surface area (Å²) in [6.45, 7) is 1.36. The number of carboxylic acids is 1. The summed E-state index contributed by atoms with van der Waals surface area (Å²) in [5, 5.41) is 11.7. The zero-order valence-corrected chi connectivity index (χ0v) is 9.58. The molecule has 2 aliphatic carbocycles. The van der Waals surface area contributed by atoms with E-state index in [1.807, 2.05) is 0 Å². The van der Waals surface area contributed by atoms with Crippen molar-refractivity contribution >= 4 is 11.9 Å². The Morgan fingerprint density at radius 1 is 1.38 bits per heavy atom. The van der Waals surface area contributed by atoms with Gasteiger partial charge in [0.2, 0.25) is 5.91 Å². The molecular weight excluding hydrogens is 210 g/mol. The molecule has 1 amide bonds. The fourth-order valence-electron chi connectivity index (χ4n) is 3.22. The molecule has 0 heterocycles. The highest BCUT2D eigenvalue weighted by Crippen LogP contribution is 2.61. The first kappa shape index (κ1) is 11.4. The summed E-state index contributed by atoms with van der Waals surface area (Å²) in [5.41, 5.74) is -0.925. The lowest BCUT2D eigenvalue weighted by Crippen LogP contribution is -2.69. The average Bonchev–Trinajstić information content (AvgIpc) is 2.05. The van der Waals surface area contributed by atoms with E-state index in [0.717, 1.165) is 12.8 Å². The molecule has 0 atom stereocenters. The van der Waals surface area contributed by atoms with Crippen LogP contribution in [0.3, 0.4) is 0 Å². The molecule has 2 saturated carbocycles. The standard InChI is InChI=1S/C11H17NO4/c1-7(13)12-11(9(14)15)5-10(6-11)3-8(4-10)16-2/h8H,3-6H2,1-2H3,(H,12,13)(H,14,15). The maximum Gasteiger partial charge on any atom is 0.329 e. The van der Waals surface area contributed by atoms with Crippen LogP contribution in [-0.4, -0.2) is 35.7 Å². The van der Waals surface area contributed by atoms with E-state index in [1.54, 1.807) is 7.11 Å². The molecular formula is C11H17NO4. The van der Waals surface area contributed by atoms with Gasteiger partial charge in [0.05, 0.1) is 6.10 Å². The molecule has 16 heavy (non-hydrogen) atoms. The quantitative estimate of drug-likeness (QED) is 0.737. The summed E-state index contributed by atoms with van der Waals surface area (Å²) in [5.74, 6) is -1.20. The third-order valence-electron chi connectivity index (χ3n) is 3.83. The van der Waals surface area contributed by atoms with Crippen LogP contribution in [0.5, 0.6) is 0 Å². The maximum absolute atomic E-state index is 11.2. The molecule has 0 saturated heterocycles. The fourth-order valence-corrected chi connectivity index (χ4v) is 3.22. The lowest BCUT2D eigenvalue weighted by atomic mass is 9.47. The molecule has 0 aromatic heterocycles. The highest BCUT2D eigenvalue weighted by molar-refractivity contribution is 5.87. The Labute approximate surface area is 94.2 Å². The van der Waals surface area contributed by atoms with Gasteiger partial charge in [-0.05, 0) is 31.1 Å². The molecule has 0 aromatic carbocycles. The van der Waals surface area contributed by atoms with Gasteiger partial charge in [-0.2, -0.15) is 0 Å². The molecule has 0 unspecified atom stereocenters. The first-order chi connectivity index (χ1) is 7.41. The van der Waals surface area contributed by atoms with Crippen molar-refractivity contribution in [1.29, 1.82) is 0 Å². The molecule has 1 spiro atoms. The van der Waals surface area contributed by atoms with Crippen molar-refractivity contribution in [2.24, 2.45) is 5.41 Å². The number of amides is 1. The normalized spacial score (nSPS) is 41.0. The molecule has 2 rings (SSSR count). The van der Waals surface area contributed by atoms with Gasteiger partial charge in [-0.3, -0.25) is 4.79 Å². The lowest BCUT2D eigenvalue weighted by Gasteiger charge is -2.61. The van der Waals surface area contributed by atoms with Gasteiger partial charge in [-0.1, -0.05) is 0 Å². The van der Waals surface area contributed by atoms with E-state index in [1.165, 1.54) is 6.92 Å². The molecule has 0 bridgehead atoms. The number of hydrogen-bond acceptors (Lipinski definition) is 3. The SMILES string of the molecule is COC1CC2(C1)CC(NC(C)=O)(C(=O)O)C2. The van der Waals surface area contributed by atoms with Crippen LogP contribution in [0.25, 0.3) is 0 Å². The van der Waals surface area contributed by atoms with Gasteiger partial charge in [0, 0.05) is 14.0 Å². The second-order valence-corrected chi connectivity index (χ2v) is 5.19. The molecule has 90 valence electrons.